The summed E-state index contributed by atoms with van der Waals surface area (Å²) in [7, 11) is 2.96. The highest BCUT2D eigenvalue weighted by Crippen LogP contribution is 2.35. The van der Waals surface area contributed by atoms with Gasteiger partial charge < -0.3 is 14.8 Å². The van der Waals surface area contributed by atoms with Gasteiger partial charge >= 0.3 is 0 Å². The average molecular weight is 404 g/mol. The fraction of sp³-hybridized carbons (Fsp3) is 0.250. The molecule has 0 bridgehead atoms. The Hall–Kier alpha value is -3.06. The van der Waals surface area contributed by atoms with Gasteiger partial charge in [-0.25, -0.2) is 5.43 Å². The van der Waals surface area contributed by atoms with Crippen LogP contribution in [-0.4, -0.2) is 31.7 Å². The summed E-state index contributed by atoms with van der Waals surface area (Å²) in [6, 6.07) is 12.5. The van der Waals surface area contributed by atoms with Crippen LogP contribution in [0.25, 0.3) is 0 Å². The van der Waals surface area contributed by atoms with Crippen molar-refractivity contribution in [2.75, 3.05) is 19.5 Å². The van der Waals surface area contributed by atoms with Gasteiger partial charge in [-0.2, -0.15) is 5.10 Å². The Balaban J connectivity index is 1.93. The number of nitrogens with zero attached hydrogens (tertiary/aromatic N) is 1. The highest BCUT2D eigenvalue weighted by atomic mass is 35.5. The number of hydrazone groups is 1. The molecule has 0 aromatic heterocycles. The number of carbonyl (C=O) groups is 2. The van der Waals surface area contributed by atoms with Crippen molar-refractivity contribution < 1.29 is 19.1 Å². The Bertz CT molecular complexity index is 869. The van der Waals surface area contributed by atoms with Crippen molar-refractivity contribution in [3.05, 3.63) is 53.1 Å². The average Bonchev–Trinajstić information content (AvgIpc) is 2.68. The summed E-state index contributed by atoms with van der Waals surface area (Å²) >= 11 is 6.05. The monoisotopic (exact) mass is 403 g/mol. The van der Waals surface area contributed by atoms with E-state index in [9.17, 15) is 9.59 Å². The number of ether oxygens (including phenoxy) is 2. The minimum atomic E-state index is -0.318. The van der Waals surface area contributed by atoms with E-state index in [4.69, 9.17) is 21.1 Å². The minimum Gasteiger partial charge on any atom is -0.495 e. The highest BCUT2D eigenvalue weighted by molar-refractivity contribution is 6.32. The van der Waals surface area contributed by atoms with Gasteiger partial charge in [-0.05, 0) is 12.5 Å². The second kappa shape index (κ2) is 10.3. The van der Waals surface area contributed by atoms with Crippen LogP contribution in [-0.2, 0) is 16.0 Å². The lowest BCUT2D eigenvalue weighted by Gasteiger charge is -2.13. The first-order chi connectivity index (χ1) is 13.4. The first-order valence-corrected chi connectivity index (χ1v) is 8.88. The molecule has 0 aliphatic rings. The molecule has 28 heavy (non-hydrogen) atoms. The number of rotatable bonds is 8. The fourth-order valence-corrected chi connectivity index (χ4v) is 2.63. The van der Waals surface area contributed by atoms with E-state index in [0.717, 1.165) is 5.56 Å². The third-order valence-electron chi connectivity index (χ3n) is 3.74. The van der Waals surface area contributed by atoms with Gasteiger partial charge in [0.1, 0.15) is 11.5 Å². The van der Waals surface area contributed by atoms with Crippen LogP contribution >= 0.6 is 11.6 Å². The topological polar surface area (TPSA) is 89.0 Å². The number of methoxy groups -OCH3 is 2. The molecule has 8 heteroatoms. The van der Waals surface area contributed by atoms with Crippen LogP contribution in [0.3, 0.4) is 0 Å². The normalized spacial score (nSPS) is 10.9. The van der Waals surface area contributed by atoms with Crippen LogP contribution in [0.15, 0.2) is 47.6 Å². The molecule has 0 unspecified atom stereocenters. The van der Waals surface area contributed by atoms with Crippen molar-refractivity contribution in [2.45, 2.75) is 19.8 Å². The van der Waals surface area contributed by atoms with Gasteiger partial charge in [0.15, 0.2) is 0 Å². The maximum absolute atomic E-state index is 12.3. The Morgan fingerprint density at radius 2 is 1.71 bits per heavy atom. The molecule has 0 saturated carbocycles. The molecule has 0 radical (unpaired) electrons. The summed E-state index contributed by atoms with van der Waals surface area (Å²) in [5.41, 5.74) is 4.22. The first-order valence-electron chi connectivity index (χ1n) is 8.50. The number of nitrogens with one attached hydrogen (secondary N) is 2. The Labute approximate surface area is 168 Å². The van der Waals surface area contributed by atoms with Crippen LogP contribution < -0.4 is 20.2 Å². The maximum atomic E-state index is 12.3. The van der Waals surface area contributed by atoms with E-state index >= 15 is 0 Å². The van der Waals surface area contributed by atoms with Crippen molar-refractivity contribution in [1.82, 2.24) is 5.43 Å². The Morgan fingerprint density at radius 3 is 2.36 bits per heavy atom. The SMILES string of the molecule is COc1cc(NC(=O)C/C(C)=N\NC(=O)Cc2ccccc2)c(OC)cc1Cl. The molecule has 0 heterocycles. The van der Waals surface area contributed by atoms with Crippen LogP contribution in [0.4, 0.5) is 5.69 Å². The lowest BCUT2D eigenvalue weighted by molar-refractivity contribution is -0.120. The molecule has 0 fully saturated rings. The van der Waals surface area contributed by atoms with E-state index in [1.807, 2.05) is 30.3 Å². The third-order valence-corrected chi connectivity index (χ3v) is 4.04. The Morgan fingerprint density at radius 1 is 1.04 bits per heavy atom. The summed E-state index contributed by atoms with van der Waals surface area (Å²) in [6.45, 7) is 1.65. The summed E-state index contributed by atoms with van der Waals surface area (Å²) in [5.74, 6) is 0.248. The van der Waals surface area contributed by atoms with Gasteiger partial charge in [-0.3, -0.25) is 9.59 Å². The predicted molar refractivity (Wildman–Crippen MR) is 109 cm³/mol. The van der Waals surface area contributed by atoms with Gasteiger partial charge in [-0.1, -0.05) is 41.9 Å². The molecule has 2 amide bonds. The smallest absolute Gasteiger partial charge is 0.244 e. The van der Waals surface area contributed by atoms with E-state index in [0.29, 0.717) is 27.9 Å². The third kappa shape index (κ3) is 6.28. The predicted octanol–water partition coefficient (Wildman–Crippen LogP) is 3.42. The second-order valence-corrected chi connectivity index (χ2v) is 6.36. The van der Waals surface area contributed by atoms with E-state index in [2.05, 4.69) is 15.8 Å². The van der Waals surface area contributed by atoms with Crippen molar-refractivity contribution in [1.29, 1.82) is 0 Å². The number of hydrogen-bond acceptors (Lipinski definition) is 5. The zero-order valence-corrected chi connectivity index (χ0v) is 16.7. The number of amides is 2. The summed E-state index contributed by atoms with van der Waals surface area (Å²) in [5, 5.41) is 7.07. The van der Waals surface area contributed by atoms with Crippen molar-refractivity contribution in [2.24, 2.45) is 5.10 Å². The fourth-order valence-electron chi connectivity index (χ4n) is 2.40. The highest BCUT2D eigenvalue weighted by Gasteiger charge is 2.13. The number of carbonyl (C=O) groups excluding carboxylic acids is 2. The summed E-state index contributed by atoms with van der Waals surface area (Å²) in [4.78, 5) is 24.2. The van der Waals surface area contributed by atoms with Crippen molar-refractivity contribution in [3.8, 4) is 11.5 Å². The molecule has 0 saturated heterocycles. The van der Waals surface area contributed by atoms with Crippen LogP contribution in [0.2, 0.25) is 5.02 Å². The molecule has 2 rings (SSSR count). The summed E-state index contributed by atoms with van der Waals surface area (Å²) < 4.78 is 10.4. The molecular weight excluding hydrogens is 382 g/mol. The second-order valence-electron chi connectivity index (χ2n) is 5.96. The standard InChI is InChI=1S/C20H22ClN3O4/c1-13(23-24-20(26)10-14-7-5-4-6-8-14)9-19(25)22-16-12-17(27-2)15(21)11-18(16)28-3/h4-8,11-12H,9-10H2,1-3H3,(H,22,25)(H,24,26)/b23-13-. The van der Waals surface area contributed by atoms with E-state index in [1.165, 1.54) is 14.2 Å². The van der Waals surface area contributed by atoms with Gasteiger partial charge in [0.2, 0.25) is 11.8 Å². The van der Waals surface area contributed by atoms with Crippen molar-refractivity contribution >= 4 is 34.8 Å². The quantitative estimate of drug-likeness (QED) is 0.522. The van der Waals surface area contributed by atoms with Crippen LogP contribution in [0.5, 0.6) is 11.5 Å². The Kier molecular flexibility index (Phi) is 7.83. The molecule has 2 aromatic rings. The van der Waals surface area contributed by atoms with Gasteiger partial charge in [0.25, 0.3) is 0 Å². The van der Waals surface area contributed by atoms with Gasteiger partial charge in [-0.15, -0.1) is 0 Å². The largest absolute Gasteiger partial charge is 0.495 e. The first kappa shape index (κ1) is 21.2. The molecule has 0 aliphatic heterocycles. The number of benzene rings is 2. The molecule has 148 valence electrons. The maximum Gasteiger partial charge on any atom is 0.244 e. The van der Waals surface area contributed by atoms with E-state index in [1.54, 1.807) is 19.1 Å². The molecular formula is C20H22ClN3O4. The van der Waals surface area contributed by atoms with E-state index in [-0.39, 0.29) is 24.7 Å². The number of hydrogen-bond donors (Lipinski definition) is 2. The molecule has 0 spiro atoms. The summed E-state index contributed by atoms with van der Waals surface area (Å²) in [6.07, 6.45) is 0.214. The number of halogens is 1. The van der Waals surface area contributed by atoms with Gasteiger partial charge in [0.05, 0.1) is 37.8 Å². The van der Waals surface area contributed by atoms with Crippen molar-refractivity contribution in [3.63, 3.8) is 0 Å². The van der Waals surface area contributed by atoms with Crippen LogP contribution in [0, 0.1) is 0 Å². The number of anilines is 1. The zero-order chi connectivity index (χ0) is 20.5. The van der Waals surface area contributed by atoms with E-state index < -0.39 is 0 Å². The lowest BCUT2D eigenvalue weighted by atomic mass is 10.1. The van der Waals surface area contributed by atoms with Gasteiger partial charge in [0, 0.05) is 17.8 Å². The van der Waals surface area contributed by atoms with Crippen LogP contribution in [0.1, 0.15) is 18.9 Å². The molecule has 0 aliphatic carbocycles. The lowest BCUT2D eigenvalue weighted by Crippen LogP contribution is -2.23. The zero-order valence-electron chi connectivity index (χ0n) is 15.9. The molecule has 2 N–H and O–H groups in total. The minimum absolute atomic E-state index is 0.000285. The molecule has 7 nitrogen and oxygen atoms in total. The molecule has 2 aromatic carbocycles. The molecule has 0 atom stereocenters.